The van der Waals surface area contributed by atoms with Gasteiger partial charge < -0.3 is 20.4 Å². The van der Waals surface area contributed by atoms with E-state index >= 15 is 0 Å². The van der Waals surface area contributed by atoms with Gasteiger partial charge in [-0.1, -0.05) is 0 Å². The largest absolute Gasteiger partial charge is 0.481 e. The molecule has 0 spiro atoms. The van der Waals surface area contributed by atoms with Crippen molar-refractivity contribution in [3.8, 4) is 0 Å². The van der Waals surface area contributed by atoms with E-state index in [-0.39, 0.29) is 0 Å². The molecule has 0 aliphatic heterocycles. The molecule has 0 radical (unpaired) electrons. The van der Waals surface area contributed by atoms with E-state index in [0.717, 1.165) is 0 Å². The lowest BCUT2D eigenvalue weighted by Crippen LogP contribution is -2.42. The van der Waals surface area contributed by atoms with Crippen LogP contribution in [0.3, 0.4) is 0 Å². The molecule has 0 saturated heterocycles. The number of carboxylic acid groups (broad SMARTS) is 3. The number of aliphatic carboxylic acids is 3. The summed E-state index contributed by atoms with van der Waals surface area (Å²) in [4.78, 5) is 30.5. The first-order valence-corrected chi connectivity index (χ1v) is 6.27. The van der Waals surface area contributed by atoms with Crippen molar-refractivity contribution in [2.75, 3.05) is 0 Å². The van der Waals surface area contributed by atoms with Crippen LogP contribution in [0.1, 0.15) is 12.8 Å². The number of hydrogen-bond donors (Lipinski definition) is 6. The van der Waals surface area contributed by atoms with Crippen LogP contribution in [0.2, 0.25) is 0 Å². The van der Waals surface area contributed by atoms with Crippen molar-refractivity contribution in [2.45, 2.75) is 18.4 Å². The Bertz CT molecular complexity index is 400. The van der Waals surface area contributed by atoms with E-state index in [2.05, 4.69) is 11.2 Å². The van der Waals surface area contributed by atoms with Gasteiger partial charge >= 0.3 is 17.9 Å². The Morgan fingerprint density at radius 2 is 1.22 bits per heavy atom. The van der Waals surface area contributed by atoms with Crippen LogP contribution in [-0.4, -0.2) is 57.2 Å². The van der Waals surface area contributed by atoms with E-state index in [1.165, 1.54) is 0 Å². The van der Waals surface area contributed by atoms with Gasteiger partial charge in [0.15, 0.2) is 5.60 Å². The Morgan fingerprint density at radius 1 is 1.00 bits per heavy atom. The molecular formula is C6H10O10S2. The van der Waals surface area contributed by atoms with Crippen molar-refractivity contribution in [3.63, 3.8) is 0 Å². The van der Waals surface area contributed by atoms with Crippen molar-refractivity contribution in [1.29, 1.82) is 0 Å². The maximum atomic E-state index is 10.3. The van der Waals surface area contributed by atoms with E-state index in [9.17, 15) is 14.4 Å². The highest BCUT2D eigenvalue weighted by molar-refractivity contribution is 8.26. The van der Waals surface area contributed by atoms with Crippen LogP contribution < -0.4 is 0 Å². The van der Waals surface area contributed by atoms with Crippen LogP contribution in [-0.2, 0) is 34.6 Å². The Balaban J connectivity index is 0. The molecule has 18 heavy (non-hydrogen) atoms. The molecule has 0 amide bonds. The van der Waals surface area contributed by atoms with Gasteiger partial charge in [0.25, 0.3) is 9.05 Å². The van der Waals surface area contributed by atoms with E-state index in [0.29, 0.717) is 0 Å². The van der Waals surface area contributed by atoms with Crippen molar-refractivity contribution in [1.82, 2.24) is 0 Å². The third kappa shape index (κ3) is 12.7. The average molecular weight is 306 g/mol. The minimum absolute atomic E-state index is 1.14. The number of carbonyl (C=O) groups is 3. The second-order valence-electron chi connectivity index (χ2n) is 2.93. The molecular weight excluding hydrogens is 296 g/mol. The summed E-state index contributed by atoms with van der Waals surface area (Å²) in [5.74, 6) is -5.02. The molecule has 0 rings (SSSR count). The minimum Gasteiger partial charge on any atom is -0.481 e. The van der Waals surface area contributed by atoms with Crippen LogP contribution in [0, 0.1) is 0 Å². The Kier molecular flexibility index (Phi) is 7.58. The molecule has 0 bridgehead atoms. The highest BCUT2D eigenvalue weighted by Gasteiger charge is 2.40. The van der Waals surface area contributed by atoms with Crippen molar-refractivity contribution in [2.24, 2.45) is 0 Å². The standard InChI is InChI=1S/C6H8O7.H2O3S2/c7-3(8)1-6(13,5(11)12)2-4(9)10;1-5(2,3)4/h13H,1-2H2,(H,7,8)(H,9,10)(H,11,12);(H2,1,2,3,4). The normalized spacial score (nSPS) is 11.1. The first-order valence-electron chi connectivity index (χ1n) is 3.87. The zero-order valence-electron chi connectivity index (χ0n) is 8.55. The van der Waals surface area contributed by atoms with Crippen LogP contribution in [0.15, 0.2) is 0 Å². The van der Waals surface area contributed by atoms with Crippen molar-refractivity contribution < 1.29 is 48.1 Å². The fraction of sp³-hybridized carbons (Fsp3) is 0.500. The molecule has 0 aromatic rings. The number of aliphatic hydroxyl groups is 1. The van der Waals surface area contributed by atoms with Crippen LogP contribution in [0.25, 0.3) is 0 Å². The van der Waals surface area contributed by atoms with Gasteiger partial charge in [-0.05, 0) is 0 Å². The quantitative estimate of drug-likeness (QED) is 0.344. The third-order valence-electron chi connectivity index (χ3n) is 1.29. The summed E-state index contributed by atoms with van der Waals surface area (Å²) >= 11 is 3.47. The third-order valence-corrected chi connectivity index (χ3v) is 1.29. The van der Waals surface area contributed by atoms with E-state index < -0.39 is 45.4 Å². The van der Waals surface area contributed by atoms with Gasteiger partial charge in [0.1, 0.15) is 0 Å². The maximum Gasteiger partial charge on any atom is 0.336 e. The van der Waals surface area contributed by atoms with Crippen LogP contribution in [0.5, 0.6) is 0 Å². The fourth-order valence-corrected chi connectivity index (χ4v) is 0.714. The number of rotatable bonds is 5. The van der Waals surface area contributed by atoms with Gasteiger partial charge in [0.2, 0.25) is 0 Å². The molecule has 106 valence electrons. The van der Waals surface area contributed by atoms with Gasteiger partial charge in [-0.2, -0.15) is 4.21 Å². The molecule has 0 unspecified atom stereocenters. The lowest BCUT2D eigenvalue weighted by molar-refractivity contribution is -0.170. The predicted octanol–water partition coefficient (Wildman–Crippen LogP) is -1.57. The molecule has 0 saturated carbocycles. The maximum absolute atomic E-state index is 10.3. The molecule has 10 nitrogen and oxygen atoms in total. The highest BCUT2D eigenvalue weighted by Crippen LogP contribution is 2.15. The highest BCUT2D eigenvalue weighted by atomic mass is 32.9. The fourth-order valence-electron chi connectivity index (χ4n) is 0.714. The summed E-state index contributed by atoms with van der Waals surface area (Å²) in [7, 11) is -3.83. The van der Waals surface area contributed by atoms with E-state index in [1.54, 1.807) is 0 Å². The van der Waals surface area contributed by atoms with E-state index in [1.807, 2.05) is 0 Å². The summed E-state index contributed by atoms with van der Waals surface area (Å²) in [6.45, 7) is 0. The first kappa shape index (κ1) is 19.0. The van der Waals surface area contributed by atoms with Crippen molar-refractivity contribution in [3.05, 3.63) is 0 Å². The van der Waals surface area contributed by atoms with Crippen LogP contribution in [0.4, 0.5) is 0 Å². The Hall–Kier alpha value is -1.34. The number of hydrogen-bond acceptors (Lipinski definition) is 6. The zero-order valence-corrected chi connectivity index (χ0v) is 10.2. The molecule has 0 aliphatic carbocycles. The van der Waals surface area contributed by atoms with Gasteiger partial charge in [-0.15, -0.1) is 0 Å². The minimum atomic E-state index is -3.83. The van der Waals surface area contributed by atoms with Crippen molar-refractivity contribution >= 4 is 38.1 Å². The van der Waals surface area contributed by atoms with Gasteiger partial charge in [-0.25, -0.2) is 4.79 Å². The van der Waals surface area contributed by atoms with E-state index in [4.69, 9.17) is 33.7 Å². The van der Waals surface area contributed by atoms with Gasteiger partial charge in [-0.3, -0.25) is 18.7 Å². The second-order valence-corrected chi connectivity index (χ2v) is 5.12. The zero-order chi connectivity index (χ0) is 15.1. The molecule has 0 aliphatic rings. The number of carboxylic acids is 3. The monoisotopic (exact) mass is 306 g/mol. The Morgan fingerprint density at radius 3 is 1.33 bits per heavy atom. The lowest BCUT2D eigenvalue weighted by Gasteiger charge is -2.18. The summed E-state index contributed by atoms with van der Waals surface area (Å²) in [5, 5.41) is 33.8. The smallest absolute Gasteiger partial charge is 0.336 e. The predicted molar refractivity (Wildman–Crippen MR) is 57.9 cm³/mol. The Labute approximate surface area is 105 Å². The SMILES string of the molecule is O=C(O)CC(O)(CC(=O)O)C(=O)O.O=S(O)(O)=S. The average Bonchev–Trinajstić information content (AvgIpc) is 1.95. The first-order chi connectivity index (χ1) is 7.78. The molecule has 0 fully saturated rings. The summed E-state index contributed by atoms with van der Waals surface area (Å²) < 4.78 is 24.0. The van der Waals surface area contributed by atoms with Gasteiger partial charge in [0.05, 0.1) is 12.8 Å². The topological polar surface area (TPSA) is 190 Å². The molecule has 12 heteroatoms. The summed E-state index contributed by atoms with van der Waals surface area (Å²) in [6, 6.07) is 0. The molecule has 0 aromatic carbocycles. The molecule has 0 heterocycles. The second kappa shape index (κ2) is 7.17. The summed E-state index contributed by atoms with van der Waals surface area (Å²) in [5.41, 5.74) is -2.74. The molecule has 0 atom stereocenters. The summed E-state index contributed by atoms with van der Waals surface area (Å²) in [6.07, 6.45) is -2.29. The molecule has 0 aromatic heterocycles. The van der Waals surface area contributed by atoms with Crippen LogP contribution >= 0.6 is 0 Å². The lowest BCUT2D eigenvalue weighted by atomic mass is 9.96. The van der Waals surface area contributed by atoms with Gasteiger partial charge in [0, 0.05) is 11.2 Å². The molecule has 6 N–H and O–H groups in total.